The summed E-state index contributed by atoms with van der Waals surface area (Å²) in [5.74, 6) is 1.31. The maximum Gasteiger partial charge on any atom is 0.303 e. The Labute approximate surface area is 71.3 Å². The van der Waals surface area contributed by atoms with Gasteiger partial charge in [0.15, 0.2) is 0 Å². The Morgan fingerprint density at radius 1 is 1.36 bits per heavy atom. The standard InChI is InChI=1S/C7H15NO2S/c8-4-6-11-5-2-1-3-7(9)10/h1-6,8H2,(H,9,10). The summed E-state index contributed by atoms with van der Waals surface area (Å²) < 4.78 is 0. The molecule has 0 rings (SSSR count). The number of carbonyl (C=O) groups is 1. The van der Waals surface area contributed by atoms with Crippen molar-refractivity contribution in [3.63, 3.8) is 0 Å². The highest BCUT2D eigenvalue weighted by molar-refractivity contribution is 7.99. The fraction of sp³-hybridized carbons (Fsp3) is 0.857. The number of hydrogen-bond donors (Lipinski definition) is 2. The number of carboxylic acid groups (broad SMARTS) is 1. The molecule has 0 aromatic rings. The first-order chi connectivity index (χ1) is 5.27. The molecule has 0 unspecified atom stereocenters. The van der Waals surface area contributed by atoms with Gasteiger partial charge in [-0.3, -0.25) is 4.79 Å². The van der Waals surface area contributed by atoms with Crippen LogP contribution in [0.2, 0.25) is 0 Å². The molecule has 0 bridgehead atoms. The SMILES string of the molecule is NCCSCCCCC(=O)O. The summed E-state index contributed by atoms with van der Waals surface area (Å²) in [6, 6.07) is 0. The normalized spacial score (nSPS) is 9.91. The van der Waals surface area contributed by atoms with Crippen molar-refractivity contribution in [2.75, 3.05) is 18.1 Å². The van der Waals surface area contributed by atoms with Gasteiger partial charge in [-0.25, -0.2) is 0 Å². The number of unbranched alkanes of at least 4 members (excludes halogenated alkanes) is 1. The molecule has 0 spiro atoms. The van der Waals surface area contributed by atoms with Crippen molar-refractivity contribution in [3.05, 3.63) is 0 Å². The van der Waals surface area contributed by atoms with Crippen LogP contribution in [0.1, 0.15) is 19.3 Å². The Hall–Kier alpha value is -0.220. The molecule has 0 aromatic carbocycles. The van der Waals surface area contributed by atoms with E-state index >= 15 is 0 Å². The van der Waals surface area contributed by atoms with E-state index < -0.39 is 5.97 Å². The molecule has 0 aliphatic carbocycles. The molecule has 0 saturated carbocycles. The van der Waals surface area contributed by atoms with E-state index in [-0.39, 0.29) is 0 Å². The van der Waals surface area contributed by atoms with E-state index in [0.717, 1.165) is 24.3 Å². The predicted octanol–water partition coefficient (Wildman–Crippen LogP) is 0.933. The predicted molar refractivity (Wildman–Crippen MR) is 47.9 cm³/mol. The molecule has 0 saturated heterocycles. The zero-order chi connectivity index (χ0) is 8.53. The van der Waals surface area contributed by atoms with Crippen LogP contribution in [0.25, 0.3) is 0 Å². The molecule has 0 amide bonds. The van der Waals surface area contributed by atoms with Gasteiger partial charge in [0.2, 0.25) is 0 Å². The van der Waals surface area contributed by atoms with Crippen molar-refractivity contribution >= 4 is 17.7 Å². The van der Waals surface area contributed by atoms with E-state index in [9.17, 15) is 4.79 Å². The van der Waals surface area contributed by atoms with Crippen LogP contribution in [-0.4, -0.2) is 29.1 Å². The fourth-order valence-electron chi connectivity index (χ4n) is 0.666. The van der Waals surface area contributed by atoms with E-state index in [1.165, 1.54) is 0 Å². The molecule has 11 heavy (non-hydrogen) atoms. The topological polar surface area (TPSA) is 63.3 Å². The second-order valence-electron chi connectivity index (χ2n) is 2.25. The minimum atomic E-state index is -0.700. The van der Waals surface area contributed by atoms with Gasteiger partial charge in [0.05, 0.1) is 0 Å². The smallest absolute Gasteiger partial charge is 0.303 e. The van der Waals surface area contributed by atoms with Crippen molar-refractivity contribution in [1.29, 1.82) is 0 Å². The van der Waals surface area contributed by atoms with Gasteiger partial charge < -0.3 is 10.8 Å². The van der Waals surface area contributed by atoms with Gasteiger partial charge >= 0.3 is 5.97 Å². The van der Waals surface area contributed by atoms with Crippen LogP contribution in [-0.2, 0) is 4.79 Å². The maximum absolute atomic E-state index is 10.1. The molecule has 0 aromatic heterocycles. The summed E-state index contributed by atoms with van der Waals surface area (Å²) in [4.78, 5) is 10.1. The average molecular weight is 177 g/mol. The van der Waals surface area contributed by atoms with Gasteiger partial charge in [-0.05, 0) is 18.6 Å². The first-order valence-corrected chi connectivity index (χ1v) is 4.92. The molecular formula is C7H15NO2S. The molecule has 66 valence electrons. The van der Waals surface area contributed by atoms with Crippen LogP contribution < -0.4 is 5.73 Å². The summed E-state index contributed by atoms with van der Waals surface area (Å²) in [6.07, 6.45) is 2.06. The second kappa shape index (κ2) is 7.88. The highest BCUT2D eigenvalue weighted by Crippen LogP contribution is 2.04. The summed E-state index contributed by atoms with van der Waals surface area (Å²) >= 11 is 1.79. The molecule has 0 radical (unpaired) electrons. The van der Waals surface area contributed by atoms with Gasteiger partial charge in [-0.1, -0.05) is 0 Å². The number of aliphatic carboxylic acids is 1. The first-order valence-electron chi connectivity index (χ1n) is 3.77. The van der Waals surface area contributed by atoms with Crippen LogP contribution in [0.15, 0.2) is 0 Å². The Morgan fingerprint density at radius 2 is 2.09 bits per heavy atom. The van der Waals surface area contributed by atoms with E-state index in [0.29, 0.717) is 13.0 Å². The minimum Gasteiger partial charge on any atom is -0.481 e. The minimum absolute atomic E-state index is 0.295. The molecule has 0 heterocycles. The number of thioether (sulfide) groups is 1. The van der Waals surface area contributed by atoms with Crippen molar-refractivity contribution in [1.82, 2.24) is 0 Å². The number of carboxylic acids is 1. The van der Waals surface area contributed by atoms with Crippen LogP contribution in [0, 0.1) is 0 Å². The summed E-state index contributed by atoms with van der Waals surface area (Å²) in [6.45, 7) is 0.712. The van der Waals surface area contributed by atoms with Crippen LogP contribution in [0.3, 0.4) is 0 Å². The molecule has 3 nitrogen and oxygen atoms in total. The fourth-order valence-corrected chi connectivity index (χ4v) is 1.44. The molecule has 0 atom stereocenters. The van der Waals surface area contributed by atoms with Crippen molar-refractivity contribution in [3.8, 4) is 0 Å². The van der Waals surface area contributed by atoms with Gasteiger partial charge in [0.1, 0.15) is 0 Å². The van der Waals surface area contributed by atoms with Crippen LogP contribution in [0.4, 0.5) is 0 Å². The molecule has 0 aliphatic heterocycles. The zero-order valence-corrected chi connectivity index (χ0v) is 7.40. The third-order valence-corrected chi connectivity index (χ3v) is 2.29. The first kappa shape index (κ1) is 10.8. The van der Waals surface area contributed by atoms with E-state index in [1.54, 1.807) is 11.8 Å². The molecular weight excluding hydrogens is 162 g/mol. The maximum atomic E-state index is 10.1. The third-order valence-electron chi connectivity index (χ3n) is 1.19. The molecule has 0 aliphatic rings. The van der Waals surface area contributed by atoms with Crippen LogP contribution >= 0.6 is 11.8 Å². The number of hydrogen-bond acceptors (Lipinski definition) is 3. The Balaban J connectivity index is 2.85. The van der Waals surface area contributed by atoms with Gasteiger partial charge in [-0.15, -0.1) is 0 Å². The summed E-state index contributed by atoms with van der Waals surface area (Å²) in [7, 11) is 0. The molecule has 3 N–H and O–H groups in total. The number of rotatable bonds is 7. The summed E-state index contributed by atoms with van der Waals surface area (Å²) in [5, 5.41) is 8.29. The van der Waals surface area contributed by atoms with E-state index in [2.05, 4.69) is 0 Å². The highest BCUT2D eigenvalue weighted by atomic mass is 32.2. The van der Waals surface area contributed by atoms with Gasteiger partial charge in [-0.2, -0.15) is 11.8 Å². The largest absolute Gasteiger partial charge is 0.481 e. The average Bonchev–Trinajstić information content (AvgIpc) is 1.96. The monoisotopic (exact) mass is 177 g/mol. The Kier molecular flexibility index (Phi) is 7.72. The number of nitrogens with two attached hydrogens (primary N) is 1. The highest BCUT2D eigenvalue weighted by Gasteiger charge is 1.95. The zero-order valence-electron chi connectivity index (χ0n) is 6.58. The second-order valence-corrected chi connectivity index (χ2v) is 3.48. The summed E-state index contributed by atoms with van der Waals surface area (Å²) in [5.41, 5.74) is 5.28. The van der Waals surface area contributed by atoms with E-state index in [1.807, 2.05) is 0 Å². The lowest BCUT2D eigenvalue weighted by Gasteiger charge is -1.97. The molecule has 4 heteroatoms. The van der Waals surface area contributed by atoms with Crippen molar-refractivity contribution < 1.29 is 9.90 Å². The van der Waals surface area contributed by atoms with Gasteiger partial charge in [0.25, 0.3) is 0 Å². The molecule has 0 fully saturated rings. The van der Waals surface area contributed by atoms with Crippen LogP contribution in [0.5, 0.6) is 0 Å². The quantitative estimate of drug-likeness (QED) is 0.568. The lowest BCUT2D eigenvalue weighted by atomic mass is 10.3. The Bertz CT molecular complexity index is 109. The lowest BCUT2D eigenvalue weighted by Crippen LogP contribution is -2.02. The lowest BCUT2D eigenvalue weighted by molar-refractivity contribution is -0.137. The third kappa shape index (κ3) is 9.78. The Morgan fingerprint density at radius 3 is 2.64 bits per heavy atom. The van der Waals surface area contributed by atoms with Crippen molar-refractivity contribution in [2.24, 2.45) is 5.73 Å². The van der Waals surface area contributed by atoms with E-state index in [4.69, 9.17) is 10.8 Å². The van der Waals surface area contributed by atoms with Crippen molar-refractivity contribution in [2.45, 2.75) is 19.3 Å². The van der Waals surface area contributed by atoms with Gasteiger partial charge in [0, 0.05) is 18.7 Å².